The van der Waals surface area contributed by atoms with Gasteiger partial charge in [0.2, 0.25) is 15.9 Å². The molecule has 6 nitrogen and oxygen atoms in total. The Kier molecular flexibility index (Phi) is 5.54. The molecule has 1 saturated heterocycles. The number of carbonyl (C=O) groups excluding carboxylic acids is 2. The molecule has 0 radical (unpaired) electrons. The van der Waals surface area contributed by atoms with Gasteiger partial charge >= 0.3 is 0 Å². The van der Waals surface area contributed by atoms with Gasteiger partial charge in [-0.15, -0.1) is 0 Å². The fourth-order valence-corrected chi connectivity index (χ4v) is 3.28. The molecule has 1 heterocycles. The third-order valence-electron chi connectivity index (χ3n) is 3.53. The summed E-state index contributed by atoms with van der Waals surface area (Å²) in [7, 11) is -3.61. The number of rotatable bonds is 3. The summed E-state index contributed by atoms with van der Waals surface area (Å²) in [6, 6.07) is 4.58. The van der Waals surface area contributed by atoms with Crippen LogP contribution in [-0.4, -0.2) is 44.5 Å². The van der Waals surface area contributed by atoms with Gasteiger partial charge in [-0.05, 0) is 31.0 Å². The highest BCUT2D eigenvalue weighted by molar-refractivity contribution is 7.89. The Hall–Kier alpha value is -1.31. The zero-order valence-corrected chi connectivity index (χ0v) is 14.7. The van der Waals surface area contributed by atoms with Gasteiger partial charge in [0.1, 0.15) is 0 Å². The molecule has 2 amide bonds. The van der Waals surface area contributed by atoms with E-state index >= 15 is 0 Å². The molecule has 1 aromatic rings. The number of carbonyl (C=O) groups is 2. The summed E-state index contributed by atoms with van der Waals surface area (Å²) in [6.45, 7) is 0.669. The van der Waals surface area contributed by atoms with E-state index in [1.54, 1.807) is 6.07 Å². The van der Waals surface area contributed by atoms with Crippen LogP contribution in [0.25, 0.3) is 0 Å². The molecule has 1 aromatic carbocycles. The minimum Gasteiger partial charge on any atom is -0.338 e. The van der Waals surface area contributed by atoms with Crippen LogP contribution in [-0.2, 0) is 14.8 Å². The number of halogens is 2. The first-order valence-electron chi connectivity index (χ1n) is 6.93. The van der Waals surface area contributed by atoms with Crippen LogP contribution < -0.4 is 4.72 Å². The van der Waals surface area contributed by atoms with E-state index in [9.17, 15) is 18.0 Å². The van der Waals surface area contributed by atoms with E-state index in [1.807, 2.05) is 4.72 Å². The lowest BCUT2D eigenvalue weighted by atomic mass is 9.97. The fraction of sp³-hybridized carbons (Fsp3) is 0.429. The highest BCUT2D eigenvalue weighted by Gasteiger charge is 2.30. The van der Waals surface area contributed by atoms with E-state index in [4.69, 9.17) is 23.2 Å². The minimum atomic E-state index is -3.61. The molecule has 1 atom stereocenters. The number of sulfonamides is 1. The van der Waals surface area contributed by atoms with Gasteiger partial charge in [-0.2, -0.15) is 0 Å². The Morgan fingerprint density at radius 2 is 1.96 bits per heavy atom. The van der Waals surface area contributed by atoms with Crippen molar-refractivity contribution in [3.8, 4) is 0 Å². The van der Waals surface area contributed by atoms with Crippen LogP contribution in [0.5, 0.6) is 0 Å². The minimum absolute atomic E-state index is 0.167. The largest absolute Gasteiger partial charge is 0.338 e. The quantitative estimate of drug-likeness (QED) is 0.870. The summed E-state index contributed by atoms with van der Waals surface area (Å²) in [5, 5.41) is 0.633. The summed E-state index contributed by atoms with van der Waals surface area (Å²) in [6.07, 6.45) is 2.08. The number of hydrogen-bond donors (Lipinski definition) is 1. The molecular formula is C14H16Cl2N2O4S. The number of hydrogen-bond acceptors (Lipinski definition) is 4. The zero-order chi connectivity index (χ0) is 17.2. The van der Waals surface area contributed by atoms with Crippen LogP contribution in [0.4, 0.5) is 0 Å². The average Bonchev–Trinajstić information content (AvgIpc) is 2.48. The van der Waals surface area contributed by atoms with Gasteiger partial charge in [-0.25, -0.2) is 8.42 Å². The maximum Gasteiger partial charge on any atom is 0.253 e. The predicted octanol–water partition coefficient (Wildman–Crippen LogP) is 1.92. The number of piperidine rings is 1. The first-order valence-corrected chi connectivity index (χ1v) is 9.58. The lowest BCUT2D eigenvalue weighted by Gasteiger charge is -2.32. The van der Waals surface area contributed by atoms with E-state index < -0.39 is 21.8 Å². The maximum atomic E-state index is 12.5. The molecule has 0 aliphatic carbocycles. The molecule has 1 aliphatic rings. The van der Waals surface area contributed by atoms with Crippen molar-refractivity contribution in [2.24, 2.45) is 5.92 Å². The highest BCUT2D eigenvalue weighted by Crippen LogP contribution is 2.25. The lowest BCUT2D eigenvalue weighted by molar-refractivity contribution is -0.124. The van der Waals surface area contributed by atoms with Gasteiger partial charge in [0.15, 0.2) is 0 Å². The zero-order valence-electron chi connectivity index (χ0n) is 12.4. The first-order chi connectivity index (χ1) is 10.7. The molecule has 0 spiro atoms. The first kappa shape index (κ1) is 18.0. The fourth-order valence-electron chi connectivity index (χ4n) is 2.45. The van der Waals surface area contributed by atoms with Crippen LogP contribution in [0.15, 0.2) is 18.2 Å². The second kappa shape index (κ2) is 7.07. The highest BCUT2D eigenvalue weighted by atomic mass is 35.5. The number of amides is 2. The van der Waals surface area contributed by atoms with Gasteiger partial charge < -0.3 is 4.90 Å². The molecule has 1 aliphatic heterocycles. The Morgan fingerprint density at radius 1 is 1.26 bits per heavy atom. The van der Waals surface area contributed by atoms with Crippen molar-refractivity contribution in [1.29, 1.82) is 0 Å². The third-order valence-corrected chi connectivity index (χ3v) is 4.84. The number of likely N-dealkylation sites (tertiary alicyclic amines) is 1. The van der Waals surface area contributed by atoms with Crippen molar-refractivity contribution in [2.45, 2.75) is 12.8 Å². The average molecular weight is 379 g/mol. The molecule has 0 aromatic heterocycles. The molecule has 23 heavy (non-hydrogen) atoms. The van der Waals surface area contributed by atoms with Gasteiger partial charge in [-0.3, -0.25) is 14.3 Å². The van der Waals surface area contributed by atoms with Crippen molar-refractivity contribution >= 4 is 45.0 Å². The Bertz CT molecular complexity index is 736. The van der Waals surface area contributed by atoms with Gasteiger partial charge in [0.05, 0.1) is 22.2 Å². The van der Waals surface area contributed by atoms with Crippen LogP contribution in [0.1, 0.15) is 23.2 Å². The second-order valence-electron chi connectivity index (χ2n) is 5.46. The smallest absolute Gasteiger partial charge is 0.253 e. The van der Waals surface area contributed by atoms with Crippen molar-refractivity contribution in [1.82, 2.24) is 9.62 Å². The standard InChI is InChI=1S/C14H16Cl2N2O4S/c1-23(21,22)17-13(19)10-3-2-6-18(8-10)14(20)9-4-5-11(15)12(16)7-9/h4-5,7,10H,2-3,6,8H2,1H3,(H,17,19). The van der Waals surface area contributed by atoms with Gasteiger partial charge in [0, 0.05) is 18.7 Å². The third kappa shape index (κ3) is 4.83. The second-order valence-corrected chi connectivity index (χ2v) is 8.02. The molecule has 1 unspecified atom stereocenters. The Balaban J connectivity index is 2.09. The molecule has 9 heteroatoms. The van der Waals surface area contributed by atoms with Crippen LogP contribution >= 0.6 is 23.2 Å². The Labute approximate surface area is 144 Å². The van der Waals surface area contributed by atoms with Crippen molar-refractivity contribution in [3.63, 3.8) is 0 Å². The van der Waals surface area contributed by atoms with Crippen LogP contribution in [0, 0.1) is 5.92 Å². The Morgan fingerprint density at radius 3 is 2.57 bits per heavy atom. The number of benzene rings is 1. The van der Waals surface area contributed by atoms with Crippen molar-refractivity contribution in [3.05, 3.63) is 33.8 Å². The molecule has 2 rings (SSSR count). The van der Waals surface area contributed by atoms with Gasteiger partial charge in [0.25, 0.3) is 5.91 Å². The number of nitrogens with one attached hydrogen (secondary N) is 1. The lowest BCUT2D eigenvalue weighted by Crippen LogP contribution is -2.46. The monoisotopic (exact) mass is 378 g/mol. The van der Waals surface area contributed by atoms with Crippen LogP contribution in [0.3, 0.4) is 0 Å². The molecule has 0 saturated carbocycles. The van der Waals surface area contributed by atoms with Crippen LogP contribution in [0.2, 0.25) is 10.0 Å². The normalized spacial score (nSPS) is 18.6. The van der Waals surface area contributed by atoms with E-state index in [-0.39, 0.29) is 17.5 Å². The summed E-state index contributed by atoms with van der Waals surface area (Å²) in [5.74, 6) is -1.40. The van der Waals surface area contributed by atoms with E-state index in [0.29, 0.717) is 30.0 Å². The summed E-state index contributed by atoms with van der Waals surface area (Å²) in [4.78, 5) is 26.0. The van der Waals surface area contributed by atoms with E-state index in [1.165, 1.54) is 17.0 Å². The topological polar surface area (TPSA) is 83.6 Å². The molecule has 1 N–H and O–H groups in total. The summed E-state index contributed by atoms with van der Waals surface area (Å²) >= 11 is 11.7. The van der Waals surface area contributed by atoms with Gasteiger partial charge in [-0.1, -0.05) is 23.2 Å². The molecule has 0 bridgehead atoms. The van der Waals surface area contributed by atoms with Crippen molar-refractivity contribution in [2.75, 3.05) is 19.3 Å². The number of nitrogens with zero attached hydrogens (tertiary/aromatic N) is 1. The summed E-state index contributed by atoms with van der Waals surface area (Å²) in [5.41, 5.74) is 0.378. The van der Waals surface area contributed by atoms with E-state index in [0.717, 1.165) is 6.26 Å². The predicted molar refractivity (Wildman–Crippen MR) is 88.1 cm³/mol. The van der Waals surface area contributed by atoms with Crippen molar-refractivity contribution < 1.29 is 18.0 Å². The van der Waals surface area contributed by atoms with E-state index in [2.05, 4.69) is 0 Å². The molecule has 1 fully saturated rings. The maximum absolute atomic E-state index is 12.5. The molecule has 126 valence electrons. The SMILES string of the molecule is CS(=O)(=O)NC(=O)C1CCCN(C(=O)c2ccc(Cl)c(Cl)c2)C1. The molecular weight excluding hydrogens is 363 g/mol. The summed E-state index contributed by atoms with van der Waals surface area (Å²) < 4.78 is 24.3.